The van der Waals surface area contributed by atoms with Crippen LogP contribution in [0.1, 0.15) is 78.1 Å². The van der Waals surface area contributed by atoms with Crippen molar-refractivity contribution in [2.24, 2.45) is 28.6 Å². The number of terminal acetylenes is 1. The maximum absolute atomic E-state index is 11.9. The second kappa shape index (κ2) is 9.99. The molecule has 3 saturated carbocycles. The van der Waals surface area contributed by atoms with Gasteiger partial charge in [0.15, 0.2) is 6.61 Å². The Morgan fingerprint density at radius 2 is 1.97 bits per heavy atom. The summed E-state index contributed by atoms with van der Waals surface area (Å²) in [5, 5.41) is 22.5. The minimum Gasteiger partial charge on any atom is -0.481 e. The highest BCUT2D eigenvalue weighted by Crippen LogP contribution is 2.67. The fourth-order valence-corrected chi connectivity index (χ4v) is 7.60. The fourth-order valence-electron chi connectivity index (χ4n) is 7.60. The van der Waals surface area contributed by atoms with Crippen molar-refractivity contribution in [2.75, 3.05) is 13.2 Å². The van der Waals surface area contributed by atoms with Gasteiger partial charge in [0.1, 0.15) is 5.60 Å². The summed E-state index contributed by atoms with van der Waals surface area (Å²) in [5.41, 5.74) is 4.25. The molecule has 0 heterocycles. The normalized spacial score (nSPS) is 37.6. The number of unbranched alkanes of at least 4 members (excludes halogenated alkanes) is 1. The first-order chi connectivity index (χ1) is 16.6. The van der Waals surface area contributed by atoms with Crippen molar-refractivity contribution < 1.29 is 24.6 Å². The molecule has 0 aliphatic heterocycles. The zero-order valence-corrected chi connectivity index (χ0v) is 21.1. The number of aliphatic hydroxyl groups is 1. The summed E-state index contributed by atoms with van der Waals surface area (Å²) in [6, 6.07) is 0. The van der Waals surface area contributed by atoms with Crippen molar-refractivity contribution in [2.45, 2.75) is 83.7 Å². The number of amides is 1. The minimum absolute atomic E-state index is 0.0975. The van der Waals surface area contributed by atoms with Crippen molar-refractivity contribution in [1.29, 1.82) is 0 Å². The Kier molecular flexibility index (Phi) is 7.36. The van der Waals surface area contributed by atoms with Gasteiger partial charge in [-0.15, -0.1) is 6.42 Å². The Hall–Kier alpha value is -2.30. The van der Waals surface area contributed by atoms with E-state index in [1.165, 1.54) is 5.57 Å². The van der Waals surface area contributed by atoms with Crippen molar-refractivity contribution in [1.82, 2.24) is 10.8 Å². The molecule has 0 radical (unpaired) electrons. The average Bonchev–Trinajstić information content (AvgIpc) is 3.10. The van der Waals surface area contributed by atoms with Crippen LogP contribution >= 0.6 is 0 Å². The molecule has 6 atom stereocenters. The van der Waals surface area contributed by atoms with Crippen molar-refractivity contribution in [3.05, 3.63) is 23.4 Å². The van der Waals surface area contributed by atoms with Crippen LogP contribution in [0.3, 0.4) is 0 Å². The first kappa shape index (κ1) is 25.8. The van der Waals surface area contributed by atoms with Crippen LogP contribution in [0, 0.1) is 40.9 Å². The highest BCUT2D eigenvalue weighted by molar-refractivity contribution is 5.77. The lowest BCUT2D eigenvalue weighted by atomic mass is 9.47. The second-order valence-corrected chi connectivity index (χ2v) is 11.5. The molecule has 4 aliphatic carbocycles. The number of aliphatic carboxylic acids is 1. The Morgan fingerprint density at radius 1 is 1.20 bits per heavy atom. The number of carboxylic acids is 1. The average molecular weight is 485 g/mol. The van der Waals surface area contributed by atoms with Crippen LogP contribution in [-0.2, 0) is 14.4 Å². The summed E-state index contributed by atoms with van der Waals surface area (Å²) in [5.74, 6) is 3.38. The maximum atomic E-state index is 11.9. The number of carboxylic acid groups (broad SMARTS) is 1. The molecule has 0 aromatic rings. The molecule has 0 aromatic heterocycles. The Bertz CT molecular complexity index is 951. The quantitative estimate of drug-likeness (QED) is 0.226. The number of carbonyl (C=O) groups excluding carboxylic acids is 1. The Morgan fingerprint density at radius 3 is 2.71 bits per heavy atom. The SMILES string of the molecule is C#C[C@@]1(O)CC[C@@H]2[C@H]3CCC4=CC(NOCC(=O)NCCCCC(=O)O)=CC[C@@]4(C)[C@H]3CC[C@@]21C. The standard InChI is InChI=1S/C28H40N2O5/c1-4-28(34)15-12-23-21-9-8-19-17-20(10-13-26(19,2)22(21)11-14-27(23,28)3)30-35-18-24(31)29-16-6-5-7-25(32)33/h1,10,17,21-23,30,34H,5-9,11-16,18H2,2-3H3,(H,29,31)(H,32,33)/t21-,22-,23+,26+,27-,28+/m0/s1. The van der Waals surface area contributed by atoms with Crippen molar-refractivity contribution in [3.63, 3.8) is 0 Å². The van der Waals surface area contributed by atoms with Crippen LogP contribution in [0.2, 0.25) is 0 Å². The van der Waals surface area contributed by atoms with Gasteiger partial charge >= 0.3 is 5.97 Å². The molecule has 35 heavy (non-hydrogen) atoms. The molecule has 0 saturated heterocycles. The molecule has 4 rings (SSSR count). The molecule has 0 bridgehead atoms. The number of rotatable bonds is 9. The van der Waals surface area contributed by atoms with Gasteiger partial charge in [0, 0.05) is 18.4 Å². The molecule has 3 fully saturated rings. The number of allylic oxidation sites excluding steroid dienone is 3. The summed E-state index contributed by atoms with van der Waals surface area (Å²) in [6.45, 7) is 4.97. The molecule has 4 N–H and O–H groups in total. The smallest absolute Gasteiger partial charge is 0.303 e. The van der Waals surface area contributed by atoms with E-state index >= 15 is 0 Å². The van der Waals surface area contributed by atoms with Gasteiger partial charge in [-0.05, 0) is 87.0 Å². The van der Waals surface area contributed by atoms with E-state index in [0.717, 1.165) is 44.2 Å². The number of hydrogen-bond donors (Lipinski definition) is 4. The van der Waals surface area contributed by atoms with Crippen molar-refractivity contribution >= 4 is 11.9 Å². The number of hydrogen-bond acceptors (Lipinski definition) is 5. The van der Waals surface area contributed by atoms with Gasteiger partial charge in [0.2, 0.25) is 5.91 Å². The lowest BCUT2D eigenvalue weighted by molar-refractivity contribution is -0.137. The van der Waals surface area contributed by atoms with Crippen LogP contribution in [-0.4, -0.2) is 40.8 Å². The first-order valence-corrected chi connectivity index (χ1v) is 13.1. The zero-order chi connectivity index (χ0) is 25.3. The molecule has 4 aliphatic rings. The molecule has 7 heteroatoms. The summed E-state index contributed by atoms with van der Waals surface area (Å²) in [6.07, 6.45) is 18.4. The van der Waals surface area contributed by atoms with Gasteiger partial charge in [0.05, 0.1) is 5.70 Å². The predicted molar refractivity (Wildman–Crippen MR) is 133 cm³/mol. The molecule has 192 valence electrons. The summed E-state index contributed by atoms with van der Waals surface area (Å²) >= 11 is 0. The van der Waals surface area contributed by atoms with E-state index in [1.54, 1.807) is 0 Å². The van der Waals surface area contributed by atoms with Crippen LogP contribution < -0.4 is 10.8 Å². The molecule has 0 unspecified atom stereocenters. The van der Waals surface area contributed by atoms with Gasteiger partial charge in [-0.25, -0.2) is 0 Å². The molecular formula is C28H40N2O5. The van der Waals surface area contributed by atoms with E-state index < -0.39 is 11.6 Å². The first-order valence-electron chi connectivity index (χ1n) is 13.1. The topological polar surface area (TPSA) is 108 Å². The van der Waals surface area contributed by atoms with Gasteiger partial charge < -0.3 is 15.5 Å². The summed E-state index contributed by atoms with van der Waals surface area (Å²) in [7, 11) is 0. The largest absolute Gasteiger partial charge is 0.481 e. The Labute approximate surface area is 208 Å². The highest BCUT2D eigenvalue weighted by atomic mass is 16.6. The third kappa shape index (κ3) is 4.75. The third-order valence-electron chi connectivity index (χ3n) is 9.74. The van der Waals surface area contributed by atoms with Gasteiger partial charge in [0.25, 0.3) is 0 Å². The van der Waals surface area contributed by atoms with E-state index in [9.17, 15) is 14.7 Å². The van der Waals surface area contributed by atoms with Crippen LogP contribution in [0.15, 0.2) is 23.4 Å². The van der Waals surface area contributed by atoms with E-state index in [0.29, 0.717) is 43.6 Å². The van der Waals surface area contributed by atoms with Crippen molar-refractivity contribution in [3.8, 4) is 12.3 Å². The number of hydroxylamine groups is 1. The minimum atomic E-state index is -0.967. The van der Waals surface area contributed by atoms with Crippen LogP contribution in [0.25, 0.3) is 0 Å². The van der Waals surface area contributed by atoms with E-state index in [4.69, 9.17) is 16.4 Å². The lowest BCUT2D eigenvalue weighted by Crippen LogP contribution is -2.54. The van der Waals surface area contributed by atoms with Crippen LogP contribution in [0.4, 0.5) is 0 Å². The molecule has 7 nitrogen and oxygen atoms in total. The molecule has 0 aromatic carbocycles. The Balaban J connectivity index is 1.29. The molecular weight excluding hydrogens is 444 g/mol. The monoisotopic (exact) mass is 484 g/mol. The highest BCUT2D eigenvalue weighted by Gasteiger charge is 2.63. The summed E-state index contributed by atoms with van der Waals surface area (Å²) < 4.78 is 0. The zero-order valence-electron chi connectivity index (χ0n) is 21.1. The lowest BCUT2D eigenvalue weighted by Gasteiger charge is -2.58. The number of carbonyl (C=O) groups is 2. The number of fused-ring (bicyclic) bond motifs is 5. The molecule has 1 amide bonds. The van der Waals surface area contributed by atoms with Gasteiger partial charge in [-0.3, -0.25) is 19.9 Å². The third-order valence-corrected chi connectivity index (χ3v) is 9.74. The van der Waals surface area contributed by atoms with Gasteiger partial charge in [-0.1, -0.05) is 31.4 Å². The van der Waals surface area contributed by atoms with E-state index in [1.807, 2.05) is 0 Å². The maximum Gasteiger partial charge on any atom is 0.303 e. The van der Waals surface area contributed by atoms with Crippen LogP contribution in [0.5, 0.6) is 0 Å². The summed E-state index contributed by atoms with van der Waals surface area (Å²) in [4.78, 5) is 27.9. The van der Waals surface area contributed by atoms with Gasteiger partial charge in [-0.2, -0.15) is 0 Å². The number of nitrogens with one attached hydrogen (secondary N) is 2. The second-order valence-electron chi connectivity index (χ2n) is 11.5. The fraction of sp³-hybridized carbons (Fsp3) is 0.714. The predicted octanol–water partition coefficient (Wildman–Crippen LogP) is 3.70. The van der Waals surface area contributed by atoms with E-state index in [2.05, 4.69) is 42.7 Å². The van der Waals surface area contributed by atoms with E-state index in [-0.39, 0.29) is 29.8 Å². The molecule has 0 spiro atoms.